The normalized spacial score (nSPS) is 12.3. The summed E-state index contributed by atoms with van der Waals surface area (Å²) in [6, 6.07) is 9.28. The van der Waals surface area contributed by atoms with E-state index in [4.69, 9.17) is 33.7 Å². The fourth-order valence-electron chi connectivity index (χ4n) is 2.05. The van der Waals surface area contributed by atoms with Gasteiger partial charge in [-0.2, -0.15) is 0 Å². The molecule has 2 rings (SSSR count). The monoisotopic (exact) mass is 309 g/mol. The van der Waals surface area contributed by atoms with Gasteiger partial charge >= 0.3 is 0 Å². The highest BCUT2D eigenvalue weighted by atomic mass is 35.5. The number of hydrogen-bond donors (Lipinski definition) is 1. The highest BCUT2D eigenvalue weighted by Gasteiger charge is 2.11. The van der Waals surface area contributed by atoms with Crippen LogP contribution >= 0.6 is 23.2 Å². The van der Waals surface area contributed by atoms with Crippen molar-refractivity contribution in [2.75, 3.05) is 0 Å². The first-order chi connectivity index (χ1) is 9.38. The van der Waals surface area contributed by atoms with Crippen LogP contribution in [0.15, 0.2) is 30.3 Å². The molecule has 0 saturated carbocycles. The lowest BCUT2D eigenvalue weighted by Gasteiger charge is -2.14. The summed E-state index contributed by atoms with van der Waals surface area (Å²) in [6.07, 6.45) is 0. The summed E-state index contributed by atoms with van der Waals surface area (Å²) in [7, 11) is 0. The van der Waals surface area contributed by atoms with Crippen molar-refractivity contribution in [1.29, 1.82) is 0 Å². The predicted octanol–water partition coefficient (Wildman–Crippen LogP) is 5.42. The van der Waals surface area contributed by atoms with E-state index in [1.807, 2.05) is 51.1 Å². The third kappa shape index (κ3) is 3.26. The zero-order chi connectivity index (χ0) is 14.9. The molecule has 0 aromatic heterocycles. The van der Waals surface area contributed by atoms with Crippen LogP contribution in [0.3, 0.4) is 0 Å². The second kappa shape index (κ2) is 6.04. The maximum Gasteiger partial charge on any atom is 0.146 e. The second-order valence-electron chi connectivity index (χ2n) is 4.95. The van der Waals surface area contributed by atoms with Gasteiger partial charge in [0.25, 0.3) is 0 Å². The standard InChI is InChI=1S/C16H17Cl2NO/c1-9-6-13(17)7-10(2)16(9)20-15-5-4-12(11(3)19)8-14(15)18/h4-8,11H,19H2,1-3H3/t11-/m0/s1. The number of aryl methyl sites for hydroxylation is 2. The Morgan fingerprint density at radius 1 is 1.05 bits per heavy atom. The lowest BCUT2D eigenvalue weighted by atomic mass is 10.1. The van der Waals surface area contributed by atoms with Crippen LogP contribution in [0.2, 0.25) is 10.0 Å². The molecule has 0 bridgehead atoms. The van der Waals surface area contributed by atoms with E-state index in [2.05, 4.69) is 0 Å². The van der Waals surface area contributed by atoms with E-state index >= 15 is 0 Å². The average molecular weight is 310 g/mol. The van der Waals surface area contributed by atoms with Gasteiger partial charge in [0.1, 0.15) is 11.5 Å². The van der Waals surface area contributed by atoms with E-state index < -0.39 is 0 Å². The molecular weight excluding hydrogens is 293 g/mol. The summed E-state index contributed by atoms with van der Waals surface area (Å²) in [5.74, 6) is 1.40. The van der Waals surface area contributed by atoms with E-state index in [0.29, 0.717) is 15.8 Å². The number of ether oxygens (including phenoxy) is 1. The number of benzene rings is 2. The molecule has 20 heavy (non-hydrogen) atoms. The molecule has 0 radical (unpaired) electrons. The van der Waals surface area contributed by atoms with E-state index in [1.54, 1.807) is 0 Å². The van der Waals surface area contributed by atoms with Gasteiger partial charge in [0.2, 0.25) is 0 Å². The van der Waals surface area contributed by atoms with Gasteiger partial charge in [-0.25, -0.2) is 0 Å². The summed E-state index contributed by atoms with van der Waals surface area (Å²) in [5, 5.41) is 1.25. The Balaban J connectivity index is 2.36. The number of rotatable bonds is 3. The van der Waals surface area contributed by atoms with E-state index in [9.17, 15) is 0 Å². The molecule has 0 spiro atoms. The summed E-state index contributed by atoms with van der Waals surface area (Å²) in [5.41, 5.74) is 8.76. The van der Waals surface area contributed by atoms with Crippen molar-refractivity contribution in [2.45, 2.75) is 26.8 Å². The fourth-order valence-corrected chi connectivity index (χ4v) is 2.61. The van der Waals surface area contributed by atoms with Crippen molar-refractivity contribution < 1.29 is 4.74 Å². The second-order valence-corrected chi connectivity index (χ2v) is 5.79. The molecule has 0 aliphatic carbocycles. The van der Waals surface area contributed by atoms with Crippen LogP contribution in [-0.4, -0.2) is 0 Å². The first kappa shape index (κ1) is 15.2. The molecule has 0 saturated heterocycles. The van der Waals surface area contributed by atoms with Crippen LogP contribution < -0.4 is 10.5 Å². The van der Waals surface area contributed by atoms with Crippen LogP contribution in [0.4, 0.5) is 0 Å². The summed E-state index contributed by atoms with van der Waals surface area (Å²) >= 11 is 12.3. The smallest absolute Gasteiger partial charge is 0.146 e. The molecule has 2 aromatic carbocycles. The molecule has 0 unspecified atom stereocenters. The van der Waals surface area contributed by atoms with E-state index in [1.165, 1.54) is 0 Å². The summed E-state index contributed by atoms with van der Waals surface area (Å²) in [6.45, 7) is 5.83. The van der Waals surface area contributed by atoms with Crippen LogP contribution in [0.5, 0.6) is 11.5 Å². The van der Waals surface area contributed by atoms with Gasteiger partial charge in [-0.1, -0.05) is 29.3 Å². The molecule has 0 aliphatic rings. The van der Waals surface area contributed by atoms with Gasteiger partial charge in [0.15, 0.2) is 0 Å². The molecule has 0 aliphatic heterocycles. The Morgan fingerprint density at radius 3 is 2.15 bits per heavy atom. The molecular formula is C16H17Cl2NO. The minimum atomic E-state index is -0.0550. The van der Waals surface area contributed by atoms with Gasteiger partial charge in [-0.15, -0.1) is 0 Å². The molecule has 0 fully saturated rings. The Bertz CT molecular complexity index is 615. The van der Waals surface area contributed by atoms with Crippen molar-refractivity contribution in [1.82, 2.24) is 0 Å². The quantitative estimate of drug-likeness (QED) is 0.821. The van der Waals surface area contributed by atoms with Crippen molar-refractivity contribution in [2.24, 2.45) is 5.73 Å². The van der Waals surface area contributed by atoms with E-state index in [-0.39, 0.29) is 6.04 Å². The number of hydrogen-bond acceptors (Lipinski definition) is 2. The Kier molecular flexibility index (Phi) is 4.59. The van der Waals surface area contributed by atoms with Crippen LogP contribution in [0, 0.1) is 13.8 Å². The van der Waals surface area contributed by atoms with Gasteiger partial charge in [0, 0.05) is 11.1 Å². The van der Waals surface area contributed by atoms with Crippen LogP contribution in [0.1, 0.15) is 29.7 Å². The highest BCUT2D eigenvalue weighted by molar-refractivity contribution is 6.32. The summed E-state index contributed by atoms with van der Waals surface area (Å²) < 4.78 is 5.93. The SMILES string of the molecule is Cc1cc(Cl)cc(C)c1Oc1ccc([C@H](C)N)cc1Cl. The molecule has 4 heteroatoms. The fraction of sp³-hybridized carbons (Fsp3) is 0.250. The minimum absolute atomic E-state index is 0.0550. The zero-order valence-corrected chi connectivity index (χ0v) is 13.2. The number of halogens is 2. The van der Waals surface area contributed by atoms with Crippen molar-refractivity contribution in [3.05, 3.63) is 57.1 Å². The Labute approximate surface area is 129 Å². The largest absolute Gasteiger partial charge is 0.455 e. The van der Waals surface area contributed by atoms with Crippen molar-refractivity contribution in [3.63, 3.8) is 0 Å². The summed E-state index contributed by atoms with van der Waals surface area (Å²) in [4.78, 5) is 0. The van der Waals surface area contributed by atoms with Gasteiger partial charge in [-0.3, -0.25) is 0 Å². The highest BCUT2D eigenvalue weighted by Crippen LogP contribution is 2.35. The molecule has 106 valence electrons. The maximum absolute atomic E-state index is 6.25. The van der Waals surface area contributed by atoms with Crippen LogP contribution in [-0.2, 0) is 0 Å². The topological polar surface area (TPSA) is 35.2 Å². The Morgan fingerprint density at radius 2 is 1.65 bits per heavy atom. The third-order valence-electron chi connectivity index (χ3n) is 3.12. The average Bonchev–Trinajstić information content (AvgIpc) is 2.34. The van der Waals surface area contributed by atoms with Gasteiger partial charge < -0.3 is 10.5 Å². The zero-order valence-electron chi connectivity index (χ0n) is 11.7. The van der Waals surface area contributed by atoms with Gasteiger partial charge in [0.05, 0.1) is 5.02 Å². The lowest BCUT2D eigenvalue weighted by molar-refractivity contribution is 0.475. The minimum Gasteiger partial charge on any atom is -0.455 e. The Hall–Kier alpha value is -1.22. The molecule has 2 N–H and O–H groups in total. The van der Waals surface area contributed by atoms with E-state index in [0.717, 1.165) is 22.4 Å². The van der Waals surface area contributed by atoms with Crippen LogP contribution in [0.25, 0.3) is 0 Å². The predicted molar refractivity (Wildman–Crippen MR) is 85.1 cm³/mol. The molecule has 0 heterocycles. The van der Waals surface area contributed by atoms with Gasteiger partial charge in [-0.05, 0) is 61.7 Å². The molecule has 1 atom stereocenters. The lowest BCUT2D eigenvalue weighted by Crippen LogP contribution is -2.04. The first-order valence-corrected chi connectivity index (χ1v) is 7.13. The third-order valence-corrected chi connectivity index (χ3v) is 3.63. The van der Waals surface area contributed by atoms with Crippen molar-refractivity contribution in [3.8, 4) is 11.5 Å². The number of nitrogens with two attached hydrogens (primary N) is 1. The first-order valence-electron chi connectivity index (χ1n) is 6.38. The molecule has 0 amide bonds. The van der Waals surface area contributed by atoms with Crippen molar-refractivity contribution >= 4 is 23.2 Å². The maximum atomic E-state index is 6.25. The molecule has 2 aromatic rings. The molecule has 2 nitrogen and oxygen atoms in total.